The highest BCUT2D eigenvalue weighted by atomic mass is 32.2. The lowest BCUT2D eigenvalue weighted by molar-refractivity contribution is 0.0519. The maximum absolute atomic E-state index is 14.2. The van der Waals surface area contributed by atoms with Gasteiger partial charge in [0, 0.05) is 19.0 Å². The maximum atomic E-state index is 14.2. The summed E-state index contributed by atoms with van der Waals surface area (Å²) in [5.74, 6) is 0. The first-order valence-corrected chi connectivity index (χ1v) is 12.9. The van der Waals surface area contributed by atoms with E-state index in [1.807, 2.05) is 79.4 Å². The number of hydrogen-bond donors (Lipinski definition) is 0. The molecule has 1 aliphatic heterocycles. The molecule has 5 rings (SSSR count). The van der Waals surface area contributed by atoms with E-state index in [1.54, 1.807) is 36.7 Å². The van der Waals surface area contributed by atoms with E-state index in [9.17, 15) is 8.42 Å². The van der Waals surface area contributed by atoms with Gasteiger partial charge in [-0.3, -0.25) is 9.97 Å². The molecule has 2 unspecified atom stereocenters. The molecule has 0 saturated heterocycles. The summed E-state index contributed by atoms with van der Waals surface area (Å²) >= 11 is 0. The Morgan fingerprint density at radius 1 is 0.857 bits per heavy atom. The molecule has 1 aliphatic rings. The van der Waals surface area contributed by atoms with E-state index < -0.39 is 22.4 Å². The van der Waals surface area contributed by atoms with Crippen molar-refractivity contribution in [3.63, 3.8) is 0 Å². The fourth-order valence-electron chi connectivity index (χ4n) is 4.36. The molecule has 0 saturated carbocycles. The van der Waals surface area contributed by atoms with Gasteiger partial charge in [0.1, 0.15) is 0 Å². The van der Waals surface area contributed by atoms with Gasteiger partial charge in [0.2, 0.25) is 0 Å². The second-order valence-electron chi connectivity index (χ2n) is 8.20. The third kappa shape index (κ3) is 4.15. The second kappa shape index (κ2) is 9.48. The Kier molecular flexibility index (Phi) is 6.23. The minimum absolute atomic E-state index is 0.214. The number of anilines is 2. The number of fused-ring (bicyclic) bond motifs is 1. The van der Waals surface area contributed by atoms with Crippen LogP contribution in [0.25, 0.3) is 0 Å². The highest BCUT2D eigenvalue weighted by Gasteiger charge is 2.48. The number of aryl methyl sites for hydroxylation is 1. The van der Waals surface area contributed by atoms with E-state index in [0.29, 0.717) is 23.7 Å². The molecule has 0 amide bonds. The van der Waals surface area contributed by atoms with Gasteiger partial charge in [0.15, 0.2) is 12.4 Å². The first-order valence-electron chi connectivity index (χ1n) is 11.4. The van der Waals surface area contributed by atoms with E-state index in [-0.39, 0.29) is 4.90 Å². The lowest BCUT2D eigenvalue weighted by atomic mass is 10.2. The van der Waals surface area contributed by atoms with Crippen LogP contribution in [-0.4, -0.2) is 25.0 Å². The van der Waals surface area contributed by atoms with Gasteiger partial charge < -0.3 is 9.64 Å². The summed E-state index contributed by atoms with van der Waals surface area (Å²) in [6.45, 7) is 4.26. The third-order valence-corrected chi connectivity index (χ3v) is 7.71. The second-order valence-corrected chi connectivity index (χ2v) is 10.0. The Morgan fingerprint density at radius 3 is 2.14 bits per heavy atom. The van der Waals surface area contributed by atoms with E-state index in [1.165, 1.54) is 4.31 Å². The number of nitrogens with zero attached hydrogens (tertiary/aromatic N) is 4. The van der Waals surface area contributed by atoms with Crippen LogP contribution in [0.5, 0.6) is 0 Å². The van der Waals surface area contributed by atoms with Crippen LogP contribution in [0.1, 0.15) is 36.3 Å². The molecule has 35 heavy (non-hydrogen) atoms. The van der Waals surface area contributed by atoms with Crippen LogP contribution in [0.2, 0.25) is 0 Å². The van der Waals surface area contributed by atoms with E-state index >= 15 is 0 Å². The van der Waals surface area contributed by atoms with Crippen molar-refractivity contribution in [1.82, 2.24) is 9.97 Å². The number of aromatic nitrogens is 2. The van der Waals surface area contributed by atoms with Gasteiger partial charge in [-0.05, 0) is 62.4 Å². The van der Waals surface area contributed by atoms with Gasteiger partial charge in [0.25, 0.3) is 10.0 Å². The molecule has 0 fully saturated rings. The molecule has 2 aromatic heterocycles. The molecule has 0 bridgehead atoms. The lowest BCUT2D eigenvalue weighted by Crippen LogP contribution is -2.42. The number of benzene rings is 2. The smallest absolute Gasteiger partial charge is 0.266 e. The van der Waals surface area contributed by atoms with Gasteiger partial charge in [0.05, 0.1) is 27.7 Å². The molecular formula is C27H26N4O3S. The Hall–Kier alpha value is -3.75. The summed E-state index contributed by atoms with van der Waals surface area (Å²) in [6.07, 6.45) is 1.97. The molecule has 0 radical (unpaired) electrons. The number of sulfonamides is 1. The molecule has 0 N–H and O–H groups in total. The molecular weight excluding hydrogens is 460 g/mol. The van der Waals surface area contributed by atoms with Crippen LogP contribution >= 0.6 is 0 Å². The van der Waals surface area contributed by atoms with Gasteiger partial charge in [-0.25, -0.2) is 12.7 Å². The minimum atomic E-state index is -3.95. The predicted molar refractivity (Wildman–Crippen MR) is 135 cm³/mol. The zero-order chi connectivity index (χ0) is 24.4. The predicted octanol–water partition coefficient (Wildman–Crippen LogP) is 5.23. The largest absolute Gasteiger partial charge is 0.353 e. The zero-order valence-corrected chi connectivity index (χ0v) is 20.3. The molecule has 2 aromatic carbocycles. The maximum Gasteiger partial charge on any atom is 0.266 e. The van der Waals surface area contributed by atoms with Crippen LogP contribution in [0.3, 0.4) is 0 Å². The standard InChI is InChI=1S/C27H26N4O3S/c1-3-34-27(23-11-7-9-19-29-23)30-24-12-4-5-13-25(24)31(26(30)22-10-6-8-18-28-22)35(32,33)21-16-14-20(2)15-17-21/h4-19,26-27H,3H2,1-2H3. The molecule has 178 valence electrons. The normalized spacial score (nSPS) is 16.2. The van der Waals surface area contributed by atoms with E-state index in [2.05, 4.69) is 9.97 Å². The lowest BCUT2D eigenvalue weighted by Gasteiger charge is -2.36. The van der Waals surface area contributed by atoms with Gasteiger partial charge in [-0.1, -0.05) is 42.0 Å². The van der Waals surface area contributed by atoms with Crippen LogP contribution in [0, 0.1) is 6.92 Å². The molecule has 7 nitrogen and oxygen atoms in total. The Bertz CT molecular complexity index is 1400. The van der Waals surface area contributed by atoms with Crippen molar-refractivity contribution in [3.05, 3.63) is 114 Å². The molecule has 2 atom stereocenters. The molecule has 3 heterocycles. The summed E-state index contributed by atoms with van der Waals surface area (Å²) in [6, 6.07) is 25.5. The molecule has 0 aliphatic carbocycles. The van der Waals surface area contributed by atoms with Crippen LogP contribution in [0.4, 0.5) is 11.4 Å². The first kappa shape index (κ1) is 23.0. The fourth-order valence-corrected chi connectivity index (χ4v) is 5.96. The number of para-hydroxylation sites is 2. The molecule has 4 aromatic rings. The highest BCUT2D eigenvalue weighted by Crippen LogP contribution is 2.52. The Balaban J connectivity index is 1.75. The van der Waals surface area contributed by atoms with E-state index in [0.717, 1.165) is 11.3 Å². The van der Waals surface area contributed by atoms with Crippen molar-refractivity contribution in [1.29, 1.82) is 0 Å². The number of hydrogen-bond acceptors (Lipinski definition) is 6. The summed E-state index contributed by atoms with van der Waals surface area (Å²) in [4.78, 5) is 11.3. The van der Waals surface area contributed by atoms with Crippen molar-refractivity contribution in [2.45, 2.75) is 31.1 Å². The highest BCUT2D eigenvalue weighted by molar-refractivity contribution is 7.92. The van der Waals surface area contributed by atoms with Crippen molar-refractivity contribution >= 4 is 21.4 Å². The number of ether oxygens (including phenoxy) is 1. The van der Waals surface area contributed by atoms with Crippen molar-refractivity contribution in [2.24, 2.45) is 0 Å². The van der Waals surface area contributed by atoms with Crippen LogP contribution in [0.15, 0.2) is 102 Å². The molecule has 8 heteroatoms. The molecule has 0 spiro atoms. The summed E-state index contributed by atoms with van der Waals surface area (Å²) in [7, 11) is -3.95. The van der Waals surface area contributed by atoms with Gasteiger partial charge in [-0.2, -0.15) is 0 Å². The monoisotopic (exact) mass is 486 g/mol. The quantitative estimate of drug-likeness (QED) is 0.356. The Morgan fingerprint density at radius 2 is 1.51 bits per heavy atom. The van der Waals surface area contributed by atoms with Crippen molar-refractivity contribution < 1.29 is 13.2 Å². The van der Waals surface area contributed by atoms with E-state index in [4.69, 9.17) is 4.74 Å². The fraction of sp³-hybridized carbons (Fsp3) is 0.185. The SMILES string of the molecule is CCOC(c1ccccn1)N1c2ccccc2N(S(=O)(=O)c2ccc(C)cc2)C1c1ccccn1. The average molecular weight is 487 g/mol. The van der Waals surface area contributed by atoms with Gasteiger partial charge in [-0.15, -0.1) is 0 Å². The van der Waals surface area contributed by atoms with Gasteiger partial charge >= 0.3 is 0 Å². The topological polar surface area (TPSA) is 75.6 Å². The summed E-state index contributed by atoms with van der Waals surface area (Å²) < 4.78 is 36.0. The Labute approximate surface area is 205 Å². The number of rotatable bonds is 7. The summed E-state index contributed by atoms with van der Waals surface area (Å²) in [5, 5.41) is 0. The van der Waals surface area contributed by atoms with Crippen LogP contribution < -0.4 is 9.21 Å². The van der Waals surface area contributed by atoms with Crippen LogP contribution in [-0.2, 0) is 14.8 Å². The first-order chi connectivity index (χ1) is 17.0. The van der Waals surface area contributed by atoms with Crippen molar-refractivity contribution in [2.75, 3.05) is 15.8 Å². The third-order valence-electron chi connectivity index (χ3n) is 5.93. The number of pyridine rings is 2. The summed E-state index contributed by atoms with van der Waals surface area (Å²) in [5.41, 5.74) is 3.53. The zero-order valence-electron chi connectivity index (χ0n) is 19.5. The minimum Gasteiger partial charge on any atom is -0.353 e. The van der Waals surface area contributed by atoms with Crippen molar-refractivity contribution in [3.8, 4) is 0 Å². The average Bonchev–Trinajstić information content (AvgIpc) is 3.24.